The Morgan fingerprint density at radius 3 is 2.69 bits per heavy atom. The molecule has 4 rings (SSSR count). The maximum Gasteiger partial charge on any atom is 0.224 e. The molecule has 26 heavy (non-hydrogen) atoms. The number of hydrogen-bond acceptors (Lipinski definition) is 6. The van der Waals surface area contributed by atoms with Gasteiger partial charge in [-0.15, -0.1) is 0 Å². The van der Waals surface area contributed by atoms with E-state index in [2.05, 4.69) is 20.3 Å². The van der Waals surface area contributed by atoms with E-state index in [0.717, 1.165) is 31.1 Å². The normalized spacial score (nSPS) is 14.7. The number of benzene rings is 1. The number of halogens is 1. The van der Waals surface area contributed by atoms with Crippen molar-refractivity contribution in [3.8, 4) is 17.0 Å². The van der Waals surface area contributed by atoms with E-state index in [1.165, 1.54) is 6.07 Å². The summed E-state index contributed by atoms with van der Waals surface area (Å²) >= 11 is 0. The lowest BCUT2D eigenvalue weighted by molar-refractivity contribution is 0.210. The maximum atomic E-state index is 14.6. The number of pyridine rings is 1. The van der Waals surface area contributed by atoms with E-state index >= 15 is 0 Å². The molecule has 6 nitrogen and oxygen atoms in total. The molecule has 134 valence electrons. The number of aromatic nitrogens is 3. The van der Waals surface area contributed by atoms with Gasteiger partial charge >= 0.3 is 0 Å². The van der Waals surface area contributed by atoms with Gasteiger partial charge in [0.25, 0.3) is 0 Å². The second-order valence-electron chi connectivity index (χ2n) is 6.39. The Morgan fingerprint density at radius 1 is 1.12 bits per heavy atom. The van der Waals surface area contributed by atoms with Crippen LogP contribution in [0.3, 0.4) is 0 Å². The molecule has 1 aliphatic rings. The third kappa shape index (κ3) is 3.00. The number of fused-ring (bicyclic) bond motifs is 1. The molecule has 1 aliphatic carbocycles. The van der Waals surface area contributed by atoms with E-state index in [4.69, 9.17) is 10.5 Å². The highest BCUT2D eigenvalue weighted by atomic mass is 19.1. The summed E-state index contributed by atoms with van der Waals surface area (Å²) in [5.41, 5.74) is 6.98. The molecule has 0 radical (unpaired) electrons. The van der Waals surface area contributed by atoms with Crippen LogP contribution in [0.25, 0.3) is 22.3 Å². The lowest BCUT2D eigenvalue weighted by Gasteiger charge is -2.17. The highest BCUT2D eigenvalue weighted by Crippen LogP contribution is 2.35. The van der Waals surface area contributed by atoms with Crippen molar-refractivity contribution in [2.75, 3.05) is 18.1 Å². The van der Waals surface area contributed by atoms with Crippen LogP contribution in [0.2, 0.25) is 0 Å². The van der Waals surface area contributed by atoms with E-state index in [1.54, 1.807) is 25.2 Å². The summed E-state index contributed by atoms with van der Waals surface area (Å²) in [6, 6.07) is 8.42. The van der Waals surface area contributed by atoms with Crippen molar-refractivity contribution in [2.45, 2.75) is 31.8 Å². The van der Waals surface area contributed by atoms with Crippen LogP contribution in [0, 0.1) is 5.82 Å². The summed E-state index contributed by atoms with van der Waals surface area (Å²) in [5.74, 6) is 0.841. The molecule has 2 heterocycles. The molecule has 7 heteroatoms. The second-order valence-corrected chi connectivity index (χ2v) is 6.39. The number of anilines is 2. The van der Waals surface area contributed by atoms with Crippen molar-refractivity contribution in [3.63, 3.8) is 0 Å². The maximum absolute atomic E-state index is 14.6. The number of nitrogens with one attached hydrogen (secondary N) is 1. The average molecular weight is 353 g/mol. The first-order valence-electron chi connectivity index (χ1n) is 8.73. The van der Waals surface area contributed by atoms with Crippen LogP contribution >= 0.6 is 0 Å². The first kappa shape index (κ1) is 16.5. The number of rotatable bonds is 4. The minimum Gasteiger partial charge on any atom is -0.490 e. The fraction of sp³-hybridized carbons (Fsp3) is 0.316. The minimum atomic E-state index is -0.372. The average Bonchev–Trinajstić information content (AvgIpc) is 3.13. The van der Waals surface area contributed by atoms with Crippen molar-refractivity contribution >= 4 is 22.8 Å². The predicted molar refractivity (Wildman–Crippen MR) is 99.6 cm³/mol. The molecule has 3 aromatic rings. The lowest BCUT2D eigenvalue weighted by Crippen LogP contribution is -2.12. The molecular formula is C19H20FN5O. The molecule has 0 unspecified atom stereocenters. The largest absolute Gasteiger partial charge is 0.490 e. The van der Waals surface area contributed by atoms with Gasteiger partial charge in [-0.25, -0.2) is 9.37 Å². The van der Waals surface area contributed by atoms with E-state index < -0.39 is 0 Å². The minimum absolute atomic E-state index is 0.113. The fourth-order valence-corrected chi connectivity index (χ4v) is 3.39. The Hall–Kier alpha value is -2.96. The Bertz CT molecular complexity index is 956. The van der Waals surface area contributed by atoms with Crippen LogP contribution in [0.5, 0.6) is 5.75 Å². The third-order valence-corrected chi connectivity index (χ3v) is 4.64. The van der Waals surface area contributed by atoms with Crippen LogP contribution < -0.4 is 15.8 Å². The van der Waals surface area contributed by atoms with Crippen molar-refractivity contribution in [2.24, 2.45) is 0 Å². The summed E-state index contributed by atoms with van der Waals surface area (Å²) in [5, 5.41) is 3.69. The molecule has 0 saturated heterocycles. The number of nitrogen functional groups attached to an aromatic ring is 1. The van der Waals surface area contributed by atoms with Crippen LogP contribution in [0.15, 0.2) is 30.3 Å². The first-order valence-corrected chi connectivity index (χ1v) is 8.73. The second kappa shape index (κ2) is 6.74. The van der Waals surface area contributed by atoms with Crippen molar-refractivity contribution in [1.82, 2.24) is 15.0 Å². The number of nitrogens with two attached hydrogens (primary N) is 1. The third-order valence-electron chi connectivity index (χ3n) is 4.64. The number of hydrogen-bond donors (Lipinski definition) is 2. The lowest BCUT2D eigenvalue weighted by atomic mass is 10.1. The summed E-state index contributed by atoms with van der Waals surface area (Å²) in [6.45, 7) is 0. The predicted octanol–water partition coefficient (Wildman–Crippen LogP) is 3.78. The summed E-state index contributed by atoms with van der Waals surface area (Å²) < 4.78 is 20.7. The van der Waals surface area contributed by atoms with Crippen LogP contribution in [-0.4, -0.2) is 28.1 Å². The summed E-state index contributed by atoms with van der Waals surface area (Å²) in [4.78, 5) is 12.8. The number of ether oxygens (including phenoxy) is 1. The van der Waals surface area contributed by atoms with Crippen LogP contribution in [0.4, 0.5) is 16.2 Å². The molecule has 0 bridgehead atoms. The van der Waals surface area contributed by atoms with Gasteiger partial charge in [-0.2, -0.15) is 9.97 Å². The Balaban J connectivity index is 1.82. The van der Waals surface area contributed by atoms with E-state index in [9.17, 15) is 4.39 Å². The van der Waals surface area contributed by atoms with Gasteiger partial charge in [0, 0.05) is 7.05 Å². The molecule has 1 fully saturated rings. The molecule has 0 atom stereocenters. The van der Waals surface area contributed by atoms with E-state index in [1.807, 2.05) is 6.07 Å². The van der Waals surface area contributed by atoms with Gasteiger partial charge in [0.2, 0.25) is 5.95 Å². The monoisotopic (exact) mass is 353 g/mol. The van der Waals surface area contributed by atoms with Gasteiger partial charge in [-0.1, -0.05) is 6.07 Å². The van der Waals surface area contributed by atoms with Crippen molar-refractivity contribution in [1.29, 1.82) is 0 Å². The van der Waals surface area contributed by atoms with Gasteiger partial charge < -0.3 is 15.8 Å². The highest BCUT2D eigenvalue weighted by molar-refractivity contribution is 5.89. The van der Waals surface area contributed by atoms with Gasteiger partial charge in [0.05, 0.1) is 22.7 Å². The van der Waals surface area contributed by atoms with Crippen molar-refractivity contribution < 1.29 is 9.13 Å². The highest BCUT2D eigenvalue weighted by Gasteiger charge is 2.21. The smallest absolute Gasteiger partial charge is 0.224 e. The molecule has 0 amide bonds. The van der Waals surface area contributed by atoms with Gasteiger partial charge in [-0.3, -0.25) is 0 Å². The van der Waals surface area contributed by atoms with Gasteiger partial charge in [0.15, 0.2) is 5.65 Å². The Labute approximate surface area is 150 Å². The number of nitrogens with zero attached hydrogens (tertiary/aromatic N) is 3. The molecular weight excluding hydrogens is 333 g/mol. The van der Waals surface area contributed by atoms with Crippen LogP contribution in [0.1, 0.15) is 25.7 Å². The summed E-state index contributed by atoms with van der Waals surface area (Å²) in [6.07, 6.45) is 4.41. The zero-order valence-electron chi connectivity index (χ0n) is 14.5. The van der Waals surface area contributed by atoms with Gasteiger partial charge in [-0.05, 0) is 49.9 Å². The molecule has 0 spiro atoms. The SMILES string of the molecule is CNc1nc(N)nc2nc(-c3c(F)cccc3OC3CCCC3)ccc12. The van der Waals surface area contributed by atoms with Crippen LogP contribution in [-0.2, 0) is 0 Å². The van der Waals surface area contributed by atoms with Crippen molar-refractivity contribution in [3.05, 3.63) is 36.1 Å². The Kier molecular flexibility index (Phi) is 4.28. The van der Waals surface area contributed by atoms with Gasteiger partial charge in [0.1, 0.15) is 17.4 Å². The topological polar surface area (TPSA) is 86.0 Å². The molecule has 0 aliphatic heterocycles. The molecule has 1 aromatic carbocycles. The van der Waals surface area contributed by atoms with E-state index in [-0.39, 0.29) is 17.9 Å². The summed E-state index contributed by atoms with van der Waals surface area (Å²) in [7, 11) is 1.75. The zero-order valence-corrected chi connectivity index (χ0v) is 14.5. The standard InChI is InChI=1S/C19H20FN5O/c1-22-17-12-9-10-14(23-18(12)25-19(21)24-17)16-13(20)7-4-8-15(16)26-11-5-2-3-6-11/h4,7-11H,2-3,5-6H2,1H3,(H3,21,22,23,24,25). The van der Waals surface area contributed by atoms with E-state index in [0.29, 0.717) is 28.5 Å². The fourth-order valence-electron chi connectivity index (χ4n) is 3.39. The zero-order chi connectivity index (χ0) is 18.1. The molecule has 3 N–H and O–H groups in total. The quantitative estimate of drug-likeness (QED) is 0.742. The first-order chi connectivity index (χ1) is 12.7. The Morgan fingerprint density at radius 2 is 1.92 bits per heavy atom. The molecule has 1 saturated carbocycles. The molecule has 2 aromatic heterocycles.